The van der Waals surface area contributed by atoms with Crippen LogP contribution in [-0.4, -0.2) is 10.1 Å². The normalized spacial score (nSPS) is 10.1. The number of hydrogen-bond acceptors (Lipinski definition) is 3. The lowest BCUT2D eigenvalue weighted by Gasteiger charge is -2.04. The van der Waals surface area contributed by atoms with Crippen molar-refractivity contribution >= 4 is 11.6 Å². The molecule has 16 heavy (non-hydrogen) atoms. The van der Waals surface area contributed by atoms with Crippen LogP contribution in [-0.2, 0) is 6.61 Å². The van der Waals surface area contributed by atoms with Crippen molar-refractivity contribution in [2.24, 2.45) is 0 Å². The molecule has 0 aliphatic heterocycles. The molecule has 0 fully saturated rings. The molecular formula is C12H10ClNO2. The van der Waals surface area contributed by atoms with Crippen molar-refractivity contribution in [3.8, 4) is 11.6 Å². The third-order valence-electron chi connectivity index (χ3n) is 2.03. The first-order valence-electron chi connectivity index (χ1n) is 4.77. The second kappa shape index (κ2) is 4.96. The van der Waals surface area contributed by atoms with E-state index in [9.17, 15) is 0 Å². The molecule has 0 amide bonds. The predicted molar refractivity (Wildman–Crippen MR) is 61.7 cm³/mol. The summed E-state index contributed by atoms with van der Waals surface area (Å²) in [4.78, 5) is 4.01. The summed E-state index contributed by atoms with van der Waals surface area (Å²) in [5, 5.41) is 9.45. The van der Waals surface area contributed by atoms with Crippen LogP contribution in [0.3, 0.4) is 0 Å². The van der Waals surface area contributed by atoms with Crippen LogP contribution < -0.4 is 4.74 Å². The second-order valence-electron chi connectivity index (χ2n) is 3.22. The Morgan fingerprint density at radius 1 is 1.12 bits per heavy atom. The zero-order valence-electron chi connectivity index (χ0n) is 8.43. The number of pyridine rings is 1. The van der Waals surface area contributed by atoms with Gasteiger partial charge in [0.15, 0.2) is 0 Å². The lowest BCUT2D eigenvalue weighted by atomic mass is 10.2. The van der Waals surface area contributed by atoms with Crippen LogP contribution in [0.15, 0.2) is 42.6 Å². The van der Waals surface area contributed by atoms with E-state index in [1.807, 2.05) is 0 Å². The van der Waals surface area contributed by atoms with Crippen molar-refractivity contribution in [3.63, 3.8) is 0 Å². The molecule has 0 saturated carbocycles. The minimum Gasteiger partial charge on any atom is -0.439 e. The molecule has 1 aromatic carbocycles. The van der Waals surface area contributed by atoms with E-state index in [0.29, 0.717) is 16.7 Å². The third kappa shape index (κ3) is 2.72. The van der Waals surface area contributed by atoms with Gasteiger partial charge in [-0.15, -0.1) is 0 Å². The summed E-state index contributed by atoms with van der Waals surface area (Å²) in [6.45, 7) is 0.0273. The lowest BCUT2D eigenvalue weighted by molar-refractivity contribution is 0.281. The third-order valence-corrected chi connectivity index (χ3v) is 2.25. The fourth-order valence-electron chi connectivity index (χ4n) is 1.21. The SMILES string of the molecule is OCc1ccc(Oc2ccc(Cl)cn2)cc1. The number of aliphatic hydroxyl groups is 1. The van der Waals surface area contributed by atoms with E-state index in [1.165, 1.54) is 6.20 Å². The maximum absolute atomic E-state index is 8.88. The van der Waals surface area contributed by atoms with Crippen molar-refractivity contribution < 1.29 is 9.84 Å². The molecule has 2 rings (SSSR count). The number of ether oxygens (including phenoxy) is 1. The van der Waals surface area contributed by atoms with E-state index >= 15 is 0 Å². The number of halogens is 1. The van der Waals surface area contributed by atoms with Crippen molar-refractivity contribution in [1.82, 2.24) is 4.98 Å². The maximum atomic E-state index is 8.88. The number of hydrogen-bond donors (Lipinski definition) is 1. The van der Waals surface area contributed by atoms with Gasteiger partial charge in [-0.1, -0.05) is 23.7 Å². The largest absolute Gasteiger partial charge is 0.439 e. The van der Waals surface area contributed by atoms with Gasteiger partial charge in [0.1, 0.15) is 5.75 Å². The van der Waals surface area contributed by atoms with E-state index in [-0.39, 0.29) is 6.61 Å². The van der Waals surface area contributed by atoms with E-state index in [4.69, 9.17) is 21.4 Å². The number of rotatable bonds is 3. The van der Waals surface area contributed by atoms with Gasteiger partial charge in [-0.05, 0) is 23.8 Å². The zero-order chi connectivity index (χ0) is 11.4. The fourth-order valence-corrected chi connectivity index (χ4v) is 1.32. The molecule has 1 N–H and O–H groups in total. The first-order valence-corrected chi connectivity index (χ1v) is 5.15. The molecule has 0 aliphatic rings. The van der Waals surface area contributed by atoms with Crippen LogP contribution in [0.25, 0.3) is 0 Å². The highest BCUT2D eigenvalue weighted by atomic mass is 35.5. The Balaban J connectivity index is 2.11. The van der Waals surface area contributed by atoms with Gasteiger partial charge in [0.25, 0.3) is 0 Å². The molecule has 0 radical (unpaired) electrons. The van der Waals surface area contributed by atoms with Gasteiger partial charge >= 0.3 is 0 Å². The second-order valence-corrected chi connectivity index (χ2v) is 3.66. The van der Waals surface area contributed by atoms with Crippen LogP contribution in [0.4, 0.5) is 0 Å². The van der Waals surface area contributed by atoms with E-state index < -0.39 is 0 Å². The van der Waals surface area contributed by atoms with E-state index in [2.05, 4.69) is 4.98 Å². The summed E-state index contributed by atoms with van der Waals surface area (Å²) in [5.41, 5.74) is 0.844. The zero-order valence-corrected chi connectivity index (χ0v) is 9.19. The molecule has 0 spiro atoms. The highest BCUT2D eigenvalue weighted by Gasteiger charge is 1.98. The molecule has 82 valence electrons. The van der Waals surface area contributed by atoms with Crippen LogP contribution >= 0.6 is 11.6 Å². The molecular weight excluding hydrogens is 226 g/mol. The highest BCUT2D eigenvalue weighted by Crippen LogP contribution is 2.20. The average Bonchev–Trinajstić information content (AvgIpc) is 2.33. The fraction of sp³-hybridized carbons (Fsp3) is 0.0833. The van der Waals surface area contributed by atoms with Crippen molar-refractivity contribution in [1.29, 1.82) is 0 Å². The Kier molecular flexibility index (Phi) is 3.39. The molecule has 0 atom stereocenters. The molecule has 1 heterocycles. The van der Waals surface area contributed by atoms with Gasteiger partial charge < -0.3 is 9.84 Å². The van der Waals surface area contributed by atoms with Gasteiger partial charge in [0.2, 0.25) is 5.88 Å². The Morgan fingerprint density at radius 3 is 2.44 bits per heavy atom. The highest BCUT2D eigenvalue weighted by molar-refractivity contribution is 6.30. The topological polar surface area (TPSA) is 42.4 Å². The minimum absolute atomic E-state index is 0.0273. The van der Waals surface area contributed by atoms with Gasteiger partial charge in [-0.2, -0.15) is 0 Å². The maximum Gasteiger partial charge on any atom is 0.219 e. The smallest absolute Gasteiger partial charge is 0.219 e. The lowest BCUT2D eigenvalue weighted by Crippen LogP contribution is -1.88. The van der Waals surface area contributed by atoms with Gasteiger partial charge in [-0.3, -0.25) is 0 Å². The summed E-state index contributed by atoms with van der Waals surface area (Å²) >= 11 is 5.71. The molecule has 1 aromatic heterocycles. The van der Waals surface area contributed by atoms with Crippen LogP contribution in [0.1, 0.15) is 5.56 Å². The van der Waals surface area contributed by atoms with Crippen molar-refractivity contribution in [3.05, 3.63) is 53.2 Å². The summed E-state index contributed by atoms with van der Waals surface area (Å²) in [5.74, 6) is 1.16. The number of nitrogens with zero attached hydrogens (tertiary/aromatic N) is 1. The molecule has 0 unspecified atom stereocenters. The predicted octanol–water partition coefficient (Wildman–Crippen LogP) is 3.02. The Labute approximate surface area is 98.3 Å². The van der Waals surface area contributed by atoms with Crippen LogP contribution in [0, 0.1) is 0 Å². The number of benzene rings is 1. The molecule has 3 nitrogen and oxygen atoms in total. The van der Waals surface area contributed by atoms with E-state index in [1.54, 1.807) is 36.4 Å². The van der Waals surface area contributed by atoms with Crippen molar-refractivity contribution in [2.45, 2.75) is 6.61 Å². The Morgan fingerprint density at radius 2 is 1.88 bits per heavy atom. The summed E-state index contributed by atoms with van der Waals surface area (Å²) < 4.78 is 5.48. The Hall–Kier alpha value is -1.58. The van der Waals surface area contributed by atoms with Gasteiger partial charge in [0.05, 0.1) is 11.6 Å². The van der Waals surface area contributed by atoms with Gasteiger partial charge in [-0.25, -0.2) is 4.98 Å². The molecule has 0 aliphatic carbocycles. The molecule has 0 bridgehead atoms. The molecule has 2 aromatic rings. The Bertz CT molecular complexity index is 453. The molecule has 0 saturated heterocycles. The van der Waals surface area contributed by atoms with Gasteiger partial charge in [0, 0.05) is 12.3 Å². The van der Waals surface area contributed by atoms with Crippen LogP contribution in [0.5, 0.6) is 11.6 Å². The minimum atomic E-state index is 0.0273. The molecule has 4 heteroatoms. The summed E-state index contributed by atoms with van der Waals surface area (Å²) in [6, 6.07) is 10.6. The van der Waals surface area contributed by atoms with E-state index in [0.717, 1.165) is 5.56 Å². The number of aromatic nitrogens is 1. The quantitative estimate of drug-likeness (QED) is 0.889. The first kappa shape index (κ1) is 10.9. The first-order chi connectivity index (χ1) is 7.78. The number of aliphatic hydroxyl groups excluding tert-OH is 1. The van der Waals surface area contributed by atoms with Crippen LogP contribution in [0.2, 0.25) is 5.02 Å². The summed E-state index contributed by atoms with van der Waals surface area (Å²) in [7, 11) is 0. The monoisotopic (exact) mass is 235 g/mol. The summed E-state index contributed by atoms with van der Waals surface area (Å²) in [6.07, 6.45) is 1.53. The standard InChI is InChI=1S/C12H10ClNO2/c13-10-3-6-12(14-7-10)16-11-4-1-9(8-15)2-5-11/h1-7,15H,8H2. The average molecular weight is 236 g/mol. The van der Waals surface area contributed by atoms with Crippen molar-refractivity contribution in [2.75, 3.05) is 0 Å².